The highest BCUT2D eigenvalue weighted by molar-refractivity contribution is 5.43. The molecule has 1 N–H and O–H groups in total. The van der Waals surface area contributed by atoms with Crippen LogP contribution in [0, 0.1) is 0 Å². The van der Waals surface area contributed by atoms with Gasteiger partial charge >= 0.3 is 0 Å². The fraction of sp³-hybridized carbons (Fsp3) is 0.467. The summed E-state index contributed by atoms with van der Waals surface area (Å²) in [5, 5.41) is 2.63. The van der Waals surface area contributed by atoms with Crippen molar-refractivity contribution in [3.8, 4) is 0 Å². The molecule has 0 radical (unpaired) electrons. The molecule has 1 atom stereocenters. The van der Waals surface area contributed by atoms with E-state index in [9.17, 15) is 0 Å². The van der Waals surface area contributed by atoms with Crippen LogP contribution >= 0.6 is 0 Å². The molecule has 90 valence electrons. The van der Waals surface area contributed by atoms with Crippen LogP contribution < -0.4 is 10.6 Å². The Morgan fingerprint density at radius 3 is 3.12 bits per heavy atom. The Hall–Kier alpha value is -1.28. The zero-order valence-electron chi connectivity index (χ0n) is 10.5. The Kier molecular flexibility index (Phi) is 2.67. The van der Waals surface area contributed by atoms with E-state index < -0.39 is 0 Å². The van der Waals surface area contributed by atoms with Gasteiger partial charge in [0.25, 0.3) is 0 Å². The number of fused-ring (bicyclic) bond motifs is 2. The van der Waals surface area contributed by atoms with Crippen molar-refractivity contribution in [2.45, 2.75) is 38.8 Å². The van der Waals surface area contributed by atoms with Gasteiger partial charge in [-0.1, -0.05) is 24.8 Å². The number of hydrogen-bond donors (Lipinski definition) is 1. The van der Waals surface area contributed by atoms with Gasteiger partial charge in [-0.15, -0.1) is 0 Å². The fourth-order valence-electron chi connectivity index (χ4n) is 3.31. The van der Waals surface area contributed by atoms with Crippen molar-refractivity contribution in [1.29, 1.82) is 0 Å². The van der Waals surface area contributed by atoms with Crippen LogP contribution in [0.1, 0.15) is 31.0 Å². The summed E-state index contributed by atoms with van der Waals surface area (Å²) < 4.78 is 0. The van der Waals surface area contributed by atoms with Gasteiger partial charge < -0.3 is 4.98 Å². The highest BCUT2D eigenvalue weighted by atomic mass is 15.2. The van der Waals surface area contributed by atoms with E-state index in [1.54, 1.807) is 0 Å². The van der Waals surface area contributed by atoms with Gasteiger partial charge in [-0.25, -0.2) is 0 Å². The van der Waals surface area contributed by atoms with Gasteiger partial charge in [0.15, 0.2) is 0 Å². The monoisotopic (exact) mass is 228 g/mol. The van der Waals surface area contributed by atoms with Crippen LogP contribution in [0.25, 0.3) is 12.2 Å². The molecule has 2 nitrogen and oxygen atoms in total. The third-order valence-electron chi connectivity index (χ3n) is 4.14. The molecule has 0 saturated carbocycles. The third-order valence-corrected chi connectivity index (χ3v) is 4.14. The topological polar surface area (TPSA) is 19.0 Å². The van der Waals surface area contributed by atoms with Crippen molar-refractivity contribution in [1.82, 2.24) is 9.88 Å². The van der Waals surface area contributed by atoms with Crippen LogP contribution in [0.3, 0.4) is 0 Å². The summed E-state index contributed by atoms with van der Waals surface area (Å²) in [5.74, 6) is 0. The van der Waals surface area contributed by atoms with Crippen LogP contribution in [-0.2, 0) is 13.0 Å². The van der Waals surface area contributed by atoms with E-state index in [4.69, 9.17) is 0 Å². The zero-order chi connectivity index (χ0) is 11.8. The molecule has 1 saturated heterocycles. The third kappa shape index (κ3) is 1.67. The summed E-state index contributed by atoms with van der Waals surface area (Å²) in [6.07, 6.45) is 10.1. The van der Waals surface area contributed by atoms with Crippen molar-refractivity contribution in [3.05, 3.63) is 34.5 Å². The Morgan fingerprint density at radius 1 is 1.47 bits per heavy atom. The normalized spacial score (nSPS) is 26.1. The summed E-state index contributed by atoms with van der Waals surface area (Å²) >= 11 is 0. The maximum Gasteiger partial charge on any atom is 0.0415 e. The molecule has 3 rings (SSSR count). The first-order chi connectivity index (χ1) is 8.33. The number of hydrogen-bond acceptors (Lipinski definition) is 1. The quantitative estimate of drug-likeness (QED) is 0.767. The zero-order valence-corrected chi connectivity index (χ0v) is 10.5. The second kappa shape index (κ2) is 4.19. The van der Waals surface area contributed by atoms with Gasteiger partial charge in [0.1, 0.15) is 0 Å². The predicted molar refractivity (Wildman–Crippen MR) is 72.0 cm³/mol. The van der Waals surface area contributed by atoms with E-state index >= 15 is 0 Å². The number of aromatic amines is 1. The minimum Gasteiger partial charge on any atom is -0.357 e. The Balaban J connectivity index is 2.14. The lowest BCUT2D eigenvalue weighted by atomic mass is 9.98. The molecule has 1 unspecified atom stereocenters. The van der Waals surface area contributed by atoms with Gasteiger partial charge in [-0.2, -0.15) is 0 Å². The lowest BCUT2D eigenvalue weighted by Crippen LogP contribution is -2.37. The van der Waals surface area contributed by atoms with Crippen LogP contribution in [0.15, 0.2) is 12.7 Å². The minimum atomic E-state index is 0.778. The van der Waals surface area contributed by atoms with Crippen LogP contribution in [0.5, 0.6) is 0 Å². The largest absolute Gasteiger partial charge is 0.357 e. The van der Waals surface area contributed by atoms with Crippen molar-refractivity contribution in [2.24, 2.45) is 0 Å². The first kappa shape index (κ1) is 10.8. The minimum absolute atomic E-state index is 0.778. The molecule has 0 amide bonds. The Labute approximate surface area is 102 Å². The van der Waals surface area contributed by atoms with Gasteiger partial charge in [-0.3, -0.25) is 4.90 Å². The molecule has 2 aliphatic rings. The smallest absolute Gasteiger partial charge is 0.0415 e. The summed E-state index contributed by atoms with van der Waals surface area (Å²) in [6, 6.07) is 0.778. The second-order valence-electron chi connectivity index (χ2n) is 5.07. The van der Waals surface area contributed by atoms with Crippen molar-refractivity contribution in [3.63, 3.8) is 0 Å². The van der Waals surface area contributed by atoms with E-state index in [1.165, 1.54) is 47.6 Å². The molecule has 0 aliphatic carbocycles. The molecule has 1 fully saturated rings. The number of nitrogens with zero attached hydrogens (tertiary/aromatic N) is 1. The molecule has 0 spiro atoms. The number of aromatic nitrogens is 1. The maximum absolute atomic E-state index is 3.83. The first-order valence-electron chi connectivity index (χ1n) is 6.56. The SMILES string of the molecule is C=C/C=c1/c2c([nH]/c1=C/C)CN1CCCC1C2. The standard InChI is InChI=1S/C15H20N2/c1-3-6-12-13-9-11-7-5-8-17(11)10-15(13)16-14(12)4-2/h3-4,6,11,16H,1,5,7-10H2,2H3/b12-6-,14-4+. The molecule has 17 heavy (non-hydrogen) atoms. The van der Waals surface area contributed by atoms with Gasteiger partial charge in [-0.05, 0) is 38.3 Å². The Morgan fingerprint density at radius 2 is 2.35 bits per heavy atom. The molecule has 1 aromatic rings. The number of rotatable bonds is 1. The molecule has 2 heteroatoms. The summed E-state index contributed by atoms with van der Waals surface area (Å²) in [4.78, 5) is 6.19. The van der Waals surface area contributed by atoms with E-state index in [2.05, 4.69) is 35.5 Å². The van der Waals surface area contributed by atoms with Crippen LogP contribution in [0.4, 0.5) is 0 Å². The van der Waals surface area contributed by atoms with Gasteiger partial charge in [0, 0.05) is 28.8 Å². The van der Waals surface area contributed by atoms with E-state index in [0.29, 0.717) is 0 Å². The van der Waals surface area contributed by atoms with Crippen LogP contribution in [-0.4, -0.2) is 22.5 Å². The summed E-state index contributed by atoms with van der Waals surface area (Å²) in [5.41, 5.74) is 2.95. The second-order valence-corrected chi connectivity index (χ2v) is 5.07. The molecule has 0 aromatic carbocycles. The molecule has 1 aromatic heterocycles. The first-order valence-corrected chi connectivity index (χ1v) is 6.56. The fourth-order valence-corrected chi connectivity index (χ4v) is 3.31. The highest BCUT2D eigenvalue weighted by Crippen LogP contribution is 2.27. The molecule has 0 bridgehead atoms. The maximum atomic E-state index is 3.83. The predicted octanol–water partition coefficient (Wildman–Crippen LogP) is 1.30. The number of nitrogens with one attached hydrogen (secondary N) is 1. The van der Waals surface area contributed by atoms with Crippen molar-refractivity contribution >= 4 is 12.2 Å². The van der Waals surface area contributed by atoms with Crippen molar-refractivity contribution < 1.29 is 0 Å². The van der Waals surface area contributed by atoms with Gasteiger partial charge in [0.2, 0.25) is 0 Å². The molecule has 3 heterocycles. The number of H-pyrrole nitrogens is 1. The Bertz CT molecular complexity index is 550. The average Bonchev–Trinajstić information content (AvgIpc) is 2.91. The average molecular weight is 228 g/mol. The lowest BCUT2D eigenvalue weighted by Gasteiger charge is -2.29. The summed E-state index contributed by atoms with van der Waals surface area (Å²) in [7, 11) is 0. The molecule has 2 aliphatic heterocycles. The summed E-state index contributed by atoms with van der Waals surface area (Å²) in [6.45, 7) is 8.30. The van der Waals surface area contributed by atoms with E-state index in [-0.39, 0.29) is 0 Å². The molecular weight excluding hydrogens is 208 g/mol. The number of allylic oxidation sites excluding steroid dienone is 1. The van der Waals surface area contributed by atoms with E-state index in [0.717, 1.165) is 12.6 Å². The lowest BCUT2D eigenvalue weighted by molar-refractivity contribution is 0.225. The highest BCUT2D eigenvalue weighted by Gasteiger charge is 2.31. The van der Waals surface area contributed by atoms with E-state index in [1.807, 2.05) is 6.08 Å². The molecular formula is C15H20N2. The van der Waals surface area contributed by atoms with Crippen molar-refractivity contribution in [2.75, 3.05) is 6.54 Å². The van der Waals surface area contributed by atoms with Crippen LogP contribution in [0.2, 0.25) is 0 Å². The van der Waals surface area contributed by atoms with Gasteiger partial charge in [0.05, 0.1) is 0 Å².